The molecule has 18 heavy (non-hydrogen) atoms. The average molecular weight is 316 g/mol. The van der Waals surface area contributed by atoms with Gasteiger partial charge in [0.25, 0.3) is 0 Å². The molecule has 0 fully saturated rings. The molecule has 0 amide bonds. The number of nitrogens with zero attached hydrogens (tertiary/aromatic N) is 1. The van der Waals surface area contributed by atoms with Gasteiger partial charge in [0.15, 0.2) is 5.75 Å². The Kier molecular flexibility index (Phi) is 7.41. The van der Waals surface area contributed by atoms with Gasteiger partial charge in [0.05, 0.1) is 11.5 Å². The van der Waals surface area contributed by atoms with Crippen molar-refractivity contribution >= 4 is 21.6 Å². The number of hydrogen-bond acceptors (Lipinski definition) is 3. The lowest BCUT2D eigenvalue weighted by Crippen LogP contribution is -2.00. The smallest absolute Gasteiger partial charge is 0.310 e. The van der Waals surface area contributed by atoms with E-state index in [1.165, 1.54) is 25.3 Å². The van der Waals surface area contributed by atoms with Crippen LogP contribution in [0.2, 0.25) is 0 Å². The second-order valence-electron chi connectivity index (χ2n) is 4.03. The predicted molar refractivity (Wildman–Crippen MR) is 75.5 cm³/mol. The maximum Gasteiger partial charge on any atom is 0.310 e. The van der Waals surface area contributed by atoms with E-state index < -0.39 is 4.92 Å². The van der Waals surface area contributed by atoms with Crippen molar-refractivity contribution < 1.29 is 9.66 Å². The predicted octanol–water partition coefficient (Wildman–Crippen LogP) is 4.32. The van der Waals surface area contributed by atoms with Gasteiger partial charge in [-0.15, -0.1) is 0 Å². The summed E-state index contributed by atoms with van der Waals surface area (Å²) in [5.41, 5.74) is 0.0387. The Morgan fingerprint density at radius 2 is 1.78 bits per heavy atom. The van der Waals surface area contributed by atoms with E-state index in [1.807, 2.05) is 0 Å². The number of para-hydroxylation sites is 2. The van der Waals surface area contributed by atoms with E-state index >= 15 is 0 Å². The van der Waals surface area contributed by atoms with Crippen LogP contribution in [0.25, 0.3) is 0 Å². The van der Waals surface area contributed by atoms with Crippen LogP contribution in [0.5, 0.6) is 5.75 Å². The topological polar surface area (TPSA) is 52.4 Å². The molecule has 0 unspecified atom stereocenters. The summed E-state index contributed by atoms with van der Waals surface area (Å²) in [6.07, 6.45) is 5.65. The molecule has 0 radical (unpaired) electrons. The van der Waals surface area contributed by atoms with Gasteiger partial charge in [-0.2, -0.15) is 0 Å². The number of rotatable bonds is 9. The minimum Gasteiger partial charge on any atom is -0.487 e. The summed E-state index contributed by atoms with van der Waals surface area (Å²) in [4.78, 5) is 10.3. The molecule has 0 spiro atoms. The van der Waals surface area contributed by atoms with Gasteiger partial charge in [0, 0.05) is 11.4 Å². The maximum atomic E-state index is 10.7. The number of nitro benzene ring substituents is 1. The van der Waals surface area contributed by atoms with Crippen molar-refractivity contribution in [3.05, 3.63) is 34.4 Å². The molecule has 0 bridgehead atoms. The molecule has 100 valence electrons. The molecule has 1 rings (SSSR count). The van der Waals surface area contributed by atoms with Crippen molar-refractivity contribution in [2.45, 2.75) is 32.1 Å². The van der Waals surface area contributed by atoms with Crippen LogP contribution in [0.4, 0.5) is 5.69 Å². The van der Waals surface area contributed by atoms with Crippen LogP contribution in [-0.4, -0.2) is 16.9 Å². The number of nitro groups is 1. The Morgan fingerprint density at radius 1 is 1.11 bits per heavy atom. The van der Waals surface area contributed by atoms with E-state index in [9.17, 15) is 10.1 Å². The molecule has 0 saturated heterocycles. The van der Waals surface area contributed by atoms with Gasteiger partial charge >= 0.3 is 5.69 Å². The molecular formula is C13H18BrNO3. The first-order valence-corrected chi connectivity index (χ1v) is 7.30. The van der Waals surface area contributed by atoms with Crippen molar-refractivity contribution in [2.24, 2.45) is 0 Å². The van der Waals surface area contributed by atoms with E-state index in [2.05, 4.69) is 15.9 Å². The minimum atomic E-state index is -0.411. The molecule has 0 saturated carbocycles. The fourth-order valence-corrected chi connectivity index (χ4v) is 2.04. The lowest BCUT2D eigenvalue weighted by atomic mass is 10.2. The van der Waals surface area contributed by atoms with Gasteiger partial charge in [0.2, 0.25) is 0 Å². The van der Waals surface area contributed by atoms with Crippen LogP contribution in [0.15, 0.2) is 24.3 Å². The summed E-state index contributed by atoms with van der Waals surface area (Å²) >= 11 is 3.40. The van der Waals surface area contributed by atoms with E-state index in [0.29, 0.717) is 12.4 Å². The number of benzene rings is 1. The number of unbranched alkanes of at least 4 members (excludes halogenated alkanes) is 4. The summed E-state index contributed by atoms with van der Waals surface area (Å²) in [5, 5.41) is 11.8. The highest BCUT2D eigenvalue weighted by Crippen LogP contribution is 2.25. The maximum absolute atomic E-state index is 10.7. The van der Waals surface area contributed by atoms with Gasteiger partial charge in [-0.1, -0.05) is 47.3 Å². The highest BCUT2D eigenvalue weighted by atomic mass is 79.9. The lowest BCUT2D eigenvalue weighted by molar-refractivity contribution is -0.385. The summed E-state index contributed by atoms with van der Waals surface area (Å²) in [5.74, 6) is 0.364. The van der Waals surface area contributed by atoms with Crippen molar-refractivity contribution in [2.75, 3.05) is 11.9 Å². The molecule has 1 aromatic rings. The molecule has 0 aromatic heterocycles. The fraction of sp³-hybridized carbons (Fsp3) is 0.538. The second-order valence-corrected chi connectivity index (χ2v) is 4.82. The number of ether oxygens (including phenoxy) is 1. The Hall–Kier alpha value is -1.10. The van der Waals surface area contributed by atoms with Crippen molar-refractivity contribution in [3.63, 3.8) is 0 Å². The zero-order valence-electron chi connectivity index (χ0n) is 10.3. The number of alkyl halides is 1. The van der Waals surface area contributed by atoms with E-state index in [-0.39, 0.29) is 5.69 Å². The van der Waals surface area contributed by atoms with E-state index in [4.69, 9.17) is 4.74 Å². The molecule has 0 aliphatic carbocycles. The molecule has 4 nitrogen and oxygen atoms in total. The van der Waals surface area contributed by atoms with Crippen LogP contribution >= 0.6 is 15.9 Å². The molecule has 5 heteroatoms. The monoisotopic (exact) mass is 315 g/mol. The summed E-state index contributed by atoms with van der Waals surface area (Å²) < 4.78 is 5.45. The van der Waals surface area contributed by atoms with Gasteiger partial charge in [-0.05, 0) is 18.9 Å². The third-order valence-electron chi connectivity index (χ3n) is 2.60. The fourth-order valence-electron chi connectivity index (χ4n) is 1.64. The van der Waals surface area contributed by atoms with Gasteiger partial charge in [-0.25, -0.2) is 0 Å². The Labute approximate surface area is 116 Å². The Morgan fingerprint density at radius 3 is 2.50 bits per heavy atom. The average Bonchev–Trinajstić information content (AvgIpc) is 2.38. The zero-order chi connectivity index (χ0) is 13.2. The summed E-state index contributed by atoms with van der Waals surface area (Å²) in [6, 6.07) is 6.50. The highest BCUT2D eigenvalue weighted by Gasteiger charge is 2.12. The molecule has 1 aromatic carbocycles. The van der Waals surface area contributed by atoms with E-state index in [1.54, 1.807) is 18.2 Å². The van der Waals surface area contributed by atoms with Crippen LogP contribution in [0.1, 0.15) is 32.1 Å². The molecular weight excluding hydrogens is 298 g/mol. The molecule has 0 atom stereocenters. The summed E-state index contributed by atoms with van der Waals surface area (Å²) in [7, 11) is 0. The Bertz CT molecular complexity index is 371. The highest BCUT2D eigenvalue weighted by molar-refractivity contribution is 9.09. The number of halogens is 1. The quantitative estimate of drug-likeness (QED) is 0.295. The van der Waals surface area contributed by atoms with Crippen molar-refractivity contribution in [1.29, 1.82) is 0 Å². The molecule has 0 heterocycles. The van der Waals surface area contributed by atoms with Crippen LogP contribution in [0.3, 0.4) is 0 Å². The van der Waals surface area contributed by atoms with Crippen LogP contribution < -0.4 is 4.74 Å². The van der Waals surface area contributed by atoms with Gasteiger partial charge in [-0.3, -0.25) is 10.1 Å². The lowest BCUT2D eigenvalue weighted by Gasteiger charge is -2.06. The zero-order valence-corrected chi connectivity index (χ0v) is 11.9. The molecule has 0 N–H and O–H groups in total. The molecule has 0 aliphatic rings. The Balaban J connectivity index is 2.25. The van der Waals surface area contributed by atoms with Crippen molar-refractivity contribution in [3.8, 4) is 5.75 Å². The first-order valence-electron chi connectivity index (χ1n) is 6.18. The van der Waals surface area contributed by atoms with Crippen LogP contribution in [0, 0.1) is 10.1 Å². The molecule has 0 aliphatic heterocycles. The second kappa shape index (κ2) is 8.91. The van der Waals surface area contributed by atoms with Crippen LogP contribution in [-0.2, 0) is 0 Å². The number of hydrogen-bond donors (Lipinski definition) is 0. The SMILES string of the molecule is O=[N+]([O-])c1ccccc1OCCCCCCCBr. The van der Waals surface area contributed by atoms with Crippen molar-refractivity contribution in [1.82, 2.24) is 0 Å². The standard InChI is InChI=1S/C13H18BrNO3/c14-10-6-2-1-3-7-11-18-13-9-5-4-8-12(13)15(16)17/h4-5,8-9H,1-3,6-7,10-11H2. The third-order valence-corrected chi connectivity index (χ3v) is 3.16. The first-order chi connectivity index (χ1) is 8.75. The normalized spacial score (nSPS) is 10.3. The first kappa shape index (κ1) is 15.0. The third kappa shape index (κ3) is 5.49. The van der Waals surface area contributed by atoms with Gasteiger partial charge < -0.3 is 4.74 Å². The summed E-state index contributed by atoms with van der Waals surface area (Å²) in [6.45, 7) is 0.541. The minimum absolute atomic E-state index is 0.0387. The van der Waals surface area contributed by atoms with E-state index in [0.717, 1.165) is 18.2 Å². The van der Waals surface area contributed by atoms with Gasteiger partial charge in [0.1, 0.15) is 0 Å². The largest absolute Gasteiger partial charge is 0.487 e.